The molecular formula is C14H19N3O6S. The molecule has 2 atom stereocenters. The molecule has 2 saturated heterocycles. The van der Waals surface area contributed by atoms with Crippen LogP contribution in [0.5, 0.6) is 5.75 Å². The number of likely N-dealkylation sites (tertiary alicyclic amines) is 1. The molecule has 132 valence electrons. The van der Waals surface area contributed by atoms with Crippen LogP contribution in [0.2, 0.25) is 0 Å². The number of hydrogen-bond donors (Lipinski definition) is 1. The number of sulfonamides is 1. The molecule has 0 amide bonds. The summed E-state index contributed by atoms with van der Waals surface area (Å²) in [6.45, 7) is 2.09. The van der Waals surface area contributed by atoms with Crippen molar-refractivity contribution in [3.8, 4) is 5.75 Å². The van der Waals surface area contributed by atoms with Crippen molar-refractivity contribution in [2.75, 3.05) is 19.8 Å². The Morgan fingerprint density at radius 3 is 2.75 bits per heavy atom. The van der Waals surface area contributed by atoms with E-state index in [-0.39, 0.29) is 18.0 Å². The van der Waals surface area contributed by atoms with E-state index in [0.717, 1.165) is 44.5 Å². The van der Waals surface area contributed by atoms with E-state index in [1.807, 2.05) is 0 Å². The van der Waals surface area contributed by atoms with Gasteiger partial charge in [-0.15, -0.1) is 0 Å². The molecule has 2 N–H and O–H groups in total. The maximum atomic E-state index is 11.4. The highest BCUT2D eigenvalue weighted by atomic mass is 32.2. The van der Waals surface area contributed by atoms with E-state index >= 15 is 0 Å². The van der Waals surface area contributed by atoms with Gasteiger partial charge in [-0.25, -0.2) is 13.6 Å². The molecule has 0 bridgehead atoms. The Balaban J connectivity index is 1.71. The summed E-state index contributed by atoms with van der Waals surface area (Å²) in [5.74, 6) is 0.246. The van der Waals surface area contributed by atoms with E-state index in [2.05, 4.69) is 4.90 Å². The minimum Gasteiger partial charge on any atom is -0.492 e. The number of primary sulfonamides is 1. The van der Waals surface area contributed by atoms with E-state index in [4.69, 9.17) is 14.6 Å². The number of ether oxygens (including phenoxy) is 2. The maximum absolute atomic E-state index is 11.4. The monoisotopic (exact) mass is 357 g/mol. The van der Waals surface area contributed by atoms with E-state index in [1.165, 1.54) is 6.07 Å². The number of hydrogen-bond acceptors (Lipinski definition) is 7. The smallest absolute Gasteiger partial charge is 0.293 e. The molecule has 0 saturated carbocycles. The van der Waals surface area contributed by atoms with E-state index in [9.17, 15) is 18.5 Å². The Bertz CT molecular complexity index is 734. The van der Waals surface area contributed by atoms with Gasteiger partial charge in [0.25, 0.3) is 5.69 Å². The van der Waals surface area contributed by atoms with Crippen molar-refractivity contribution < 1.29 is 22.8 Å². The number of nitrogens with two attached hydrogens (primary N) is 1. The predicted octanol–water partition coefficient (Wildman–Crippen LogP) is 0.832. The molecule has 24 heavy (non-hydrogen) atoms. The van der Waals surface area contributed by atoms with Crippen molar-refractivity contribution in [1.29, 1.82) is 0 Å². The lowest BCUT2D eigenvalue weighted by Gasteiger charge is -2.38. The normalized spacial score (nSPS) is 24.5. The summed E-state index contributed by atoms with van der Waals surface area (Å²) in [5, 5.41) is 16.1. The van der Waals surface area contributed by atoms with Gasteiger partial charge in [0.1, 0.15) is 18.6 Å². The van der Waals surface area contributed by atoms with Crippen molar-refractivity contribution in [3.63, 3.8) is 0 Å². The van der Waals surface area contributed by atoms with Gasteiger partial charge in [0.05, 0.1) is 17.6 Å². The van der Waals surface area contributed by atoms with E-state index < -0.39 is 25.5 Å². The minimum absolute atomic E-state index is 0.139. The first-order valence-electron chi connectivity index (χ1n) is 7.67. The predicted molar refractivity (Wildman–Crippen MR) is 84.0 cm³/mol. The Morgan fingerprint density at radius 2 is 2.17 bits per heavy atom. The molecule has 2 aliphatic rings. The van der Waals surface area contributed by atoms with Crippen molar-refractivity contribution in [3.05, 3.63) is 28.3 Å². The van der Waals surface area contributed by atoms with Crippen LogP contribution in [0.15, 0.2) is 23.1 Å². The van der Waals surface area contributed by atoms with Crippen molar-refractivity contribution in [2.45, 2.75) is 36.4 Å². The average Bonchev–Trinajstić information content (AvgIpc) is 2.90. The fourth-order valence-electron chi connectivity index (χ4n) is 3.06. The molecule has 1 unspecified atom stereocenters. The highest BCUT2D eigenvalue weighted by Crippen LogP contribution is 2.30. The number of nitrogens with zero attached hydrogens (tertiary/aromatic N) is 2. The van der Waals surface area contributed by atoms with Gasteiger partial charge in [-0.1, -0.05) is 0 Å². The highest BCUT2D eigenvalue weighted by Gasteiger charge is 2.35. The highest BCUT2D eigenvalue weighted by molar-refractivity contribution is 7.89. The SMILES string of the molecule is NS(=O)(=O)c1ccc(OC[C@@H]2CCCN2C2CCO2)cc1[N+](=O)[O-]. The Morgan fingerprint density at radius 1 is 1.42 bits per heavy atom. The molecule has 1 aromatic carbocycles. The number of rotatable bonds is 6. The zero-order chi connectivity index (χ0) is 17.3. The molecule has 0 aliphatic carbocycles. The summed E-state index contributed by atoms with van der Waals surface area (Å²) in [5.41, 5.74) is -0.583. The first kappa shape index (κ1) is 17.1. The fraction of sp³-hybridized carbons (Fsp3) is 0.571. The largest absolute Gasteiger partial charge is 0.492 e. The lowest BCUT2D eigenvalue weighted by molar-refractivity contribution is -0.387. The molecule has 0 aromatic heterocycles. The van der Waals surface area contributed by atoms with E-state index in [1.54, 1.807) is 0 Å². The Labute approximate surface area is 139 Å². The third-order valence-electron chi connectivity index (χ3n) is 4.34. The summed E-state index contributed by atoms with van der Waals surface area (Å²) in [6, 6.07) is 3.77. The molecule has 3 rings (SSSR count). The maximum Gasteiger partial charge on any atom is 0.293 e. The van der Waals surface area contributed by atoms with Gasteiger partial charge < -0.3 is 9.47 Å². The second kappa shape index (κ2) is 6.63. The van der Waals surface area contributed by atoms with Crippen LogP contribution in [0.4, 0.5) is 5.69 Å². The Kier molecular flexibility index (Phi) is 4.72. The van der Waals surface area contributed by atoms with Gasteiger partial charge in [0.15, 0.2) is 4.90 Å². The first-order chi connectivity index (χ1) is 11.4. The third kappa shape index (κ3) is 3.51. The van der Waals surface area contributed by atoms with Crippen molar-refractivity contribution in [1.82, 2.24) is 4.90 Å². The standard InChI is InChI=1S/C14H19N3O6S/c15-24(20,21)13-4-3-11(8-12(13)17(18)19)23-9-10-2-1-6-16(10)14-5-7-22-14/h3-4,8,10,14H,1-2,5-7,9H2,(H2,15,20,21)/t10-,14?/m0/s1. The lowest BCUT2D eigenvalue weighted by atomic mass is 10.2. The molecular weight excluding hydrogens is 338 g/mol. The zero-order valence-corrected chi connectivity index (χ0v) is 13.8. The van der Waals surface area contributed by atoms with Crippen molar-refractivity contribution >= 4 is 15.7 Å². The van der Waals surface area contributed by atoms with Gasteiger partial charge >= 0.3 is 0 Å². The van der Waals surface area contributed by atoms with Crippen LogP contribution >= 0.6 is 0 Å². The van der Waals surface area contributed by atoms with Gasteiger partial charge in [-0.05, 0) is 25.0 Å². The average molecular weight is 357 g/mol. The molecule has 2 heterocycles. The summed E-state index contributed by atoms with van der Waals surface area (Å²) < 4.78 is 34.0. The Hall–Kier alpha value is -1.75. The quantitative estimate of drug-likeness (QED) is 0.590. The molecule has 2 fully saturated rings. The van der Waals surface area contributed by atoms with Gasteiger partial charge in [0.2, 0.25) is 10.0 Å². The van der Waals surface area contributed by atoms with Crippen LogP contribution in [0, 0.1) is 10.1 Å². The van der Waals surface area contributed by atoms with Crippen molar-refractivity contribution in [2.24, 2.45) is 5.14 Å². The van der Waals surface area contributed by atoms with Crippen LogP contribution in [-0.4, -0.2) is 50.3 Å². The minimum atomic E-state index is -4.16. The third-order valence-corrected chi connectivity index (χ3v) is 5.30. The molecule has 9 nitrogen and oxygen atoms in total. The molecule has 0 spiro atoms. The first-order valence-corrected chi connectivity index (χ1v) is 9.22. The van der Waals surface area contributed by atoms with Crippen LogP contribution < -0.4 is 9.88 Å². The second-order valence-corrected chi connectivity index (χ2v) is 7.42. The number of benzene rings is 1. The molecule has 0 radical (unpaired) electrons. The van der Waals surface area contributed by atoms with Gasteiger partial charge in [0, 0.05) is 19.0 Å². The second-order valence-electron chi connectivity index (χ2n) is 5.89. The molecule has 1 aromatic rings. The number of nitro groups is 1. The topological polar surface area (TPSA) is 125 Å². The summed E-state index contributed by atoms with van der Waals surface area (Å²) in [6.07, 6.45) is 3.17. The molecule has 10 heteroatoms. The van der Waals surface area contributed by atoms with E-state index in [0.29, 0.717) is 6.61 Å². The number of nitro benzene ring substituents is 1. The van der Waals surface area contributed by atoms with Crippen LogP contribution in [0.1, 0.15) is 19.3 Å². The summed E-state index contributed by atoms with van der Waals surface area (Å²) in [4.78, 5) is 12.0. The van der Waals surface area contributed by atoms with Crippen LogP contribution in [0.25, 0.3) is 0 Å². The zero-order valence-electron chi connectivity index (χ0n) is 13.0. The molecule has 2 aliphatic heterocycles. The van der Waals surface area contributed by atoms with Gasteiger partial charge in [-0.3, -0.25) is 15.0 Å². The summed E-state index contributed by atoms with van der Waals surface area (Å²) in [7, 11) is -4.16. The summed E-state index contributed by atoms with van der Waals surface area (Å²) >= 11 is 0. The lowest BCUT2D eigenvalue weighted by Crippen LogP contribution is -2.48. The van der Waals surface area contributed by atoms with Crippen LogP contribution in [-0.2, 0) is 14.8 Å². The van der Waals surface area contributed by atoms with Crippen LogP contribution in [0.3, 0.4) is 0 Å². The van der Waals surface area contributed by atoms with Gasteiger partial charge in [-0.2, -0.15) is 0 Å². The fourth-order valence-corrected chi connectivity index (χ4v) is 3.75.